The van der Waals surface area contributed by atoms with E-state index < -0.39 is 11.8 Å². The Hall–Kier alpha value is -3.00. The molecule has 2 heterocycles. The molecule has 3 rings (SSSR count). The lowest BCUT2D eigenvalue weighted by atomic mass is 10.1. The number of nitrogens with one attached hydrogen (secondary N) is 2. The van der Waals surface area contributed by atoms with Gasteiger partial charge < -0.3 is 15.5 Å². The highest BCUT2D eigenvalue weighted by atomic mass is 19.1. The number of rotatable bonds is 7. The summed E-state index contributed by atoms with van der Waals surface area (Å²) in [5, 5.41) is 5.42. The van der Waals surface area contributed by atoms with Gasteiger partial charge in [0.25, 0.3) is 0 Å². The molecule has 1 aliphatic rings. The van der Waals surface area contributed by atoms with Crippen LogP contribution in [0.3, 0.4) is 0 Å². The van der Waals surface area contributed by atoms with E-state index in [1.54, 1.807) is 24.5 Å². The van der Waals surface area contributed by atoms with Gasteiger partial charge >= 0.3 is 11.8 Å². The van der Waals surface area contributed by atoms with Gasteiger partial charge in [0.1, 0.15) is 5.82 Å². The molecule has 1 aromatic heterocycles. The van der Waals surface area contributed by atoms with Crippen LogP contribution in [-0.2, 0) is 9.59 Å². The number of amides is 2. The first kappa shape index (κ1) is 22.7. The molecule has 1 aromatic carbocycles. The maximum absolute atomic E-state index is 13.2. The van der Waals surface area contributed by atoms with Crippen LogP contribution in [0.5, 0.6) is 0 Å². The van der Waals surface area contributed by atoms with Gasteiger partial charge in [0.15, 0.2) is 0 Å². The summed E-state index contributed by atoms with van der Waals surface area (Å²) >= 11 is 0. The van der Waals surface area contributed by atoms with Crippen molar-refractivity contribution >= 4 is 17.5 Å². The number of aromatic nitrogens is 1. The van der Waals surface area contributed by atoms with E-state index in [0.29, 0.717) is 13.1 Å². The minimum atomic E-state index is -0.625. The lowest BCUT2D eigenvalue weighted by Gasteiger charge is -2.40. The molecule has 0 unspecified atom stereocenters. The molecule has 2 aromatic rings. The lowest BCUT2D eigenvalue weighted by Crippen LogP contribution is -2.51. The van der Waals surface area contributed by atoms with Crippen LogP contribution in [-0.4, -0.2) is 61.0 Å². The van der Waals surface area contributed by atoms with Crippen LogP contribution in [0.2, 0.25) is 0 Å². The fourth-order valence-corrected chi connectivity index (χ4v) is 3.62. The molecule has 2 amide bonds. The molecular weight excluding hydrogens is 397 g/mol. The largest absolute Gasteiger partial charge is 0.369 e. The quantitative estimate of drug-likeness (QED) is 0.661. The SMILES string of the molecule is CC(C)CNC(=O)C(=O)NC[C@H](c1cccnc1)N1CCN(c2ccc(F)cc2)CC1. The molecule has 0 aliphatic carbocycles. The van der Waals surface area contributed by atoms with Crippen molar-refractivity contribution in [2.75, 3.05) is 44.2 Å². The first-order valence-electron chi connectivity index (χ1n) is 10.6. The first-order chi connectivity index (χ1) is 14.9. The molecule has 0 bridgehead atoms. The molecule has 1 atom stereocenters. The average Bonchev–Trinajstić information content (AvgIpc) is 2.79. The monoisotopic (exact) mass is 427 g/mol. The Balaban J connectivity index is 1.61. The van der Waals surface area contributed by atoms with Crippen molar-refractivity contribution in [3.63, 3.8) is 0 Å². The Labute approximate surface area is 182 Å². The molecule has 1 fully saturated rings. The third-order valence-corrected chi connectivity index (χ3v) is 5.35. The first-order valence-corrected chi connectivity index (χ1v) is 10.6. The van der Waals surface area contributed by atoms with E-state index in [1.807, 2.05) is 26.0 Å². The molecule has 8 heteroatoms. The van der Waals surface area contributed by atoms with Gasteiger partial charge in [0.05, 0.1) is 6.04 Å². The van der Waals surface area contributed by atoms with Gasteiger partial charge in [-0.05, 0) is 41.8 Å². The Bertz CT molecular complexity index is 852. The summed E-state index contributed by atoms with van der Waals surface area (Å²) in [6, 6.07) is 10.3. The smallest absolute Gasteiger partial charge is 0.309 e. The zero-order chi connectivity index (χ0) is 22.2. The molecular formula is C23H30FN5O2. The summed E-state index contributed by atoms with van der Waals surface area (Å²) in [6.07, 6.45) is 3.51. The minimum absolute atomic E-state index is 0.0917. The standard InChI is InChI=1S/C23H30FN5O2/c1-17(2)14-26-22(30)23(31)27-16-21(18-4-3-9-25-15-18)29-12-10-28(11-13-29)20-7-5-19(24)6-8-20/h3-9,15,17,21H,10-14,16H2,1-2H3,(H,26,30)(H,27,31)/t21-/m1/s1. The Morgan fingerprint density at radius 1 is 1.00 bits per heavy atom. The van der Waals surface area contributed by atoms with Crippen molar-refractivity contribution in [3.05, 3.63) is 60.2 Å². The number of carbonyl (C=O) groups is 2. The van der Waals surface area contributed by atoms with Crippen molar-refractivity contribution in [3.8, 4) is 0 Å². The summed E-state index contributed by atoms with van der Waals surface area (Å²) in [4.78, 5) is 33.0. The van der Waals surface area contributed by atoms with Crippen molar-refractivity contribution in [1.82, 2.24) is 20.5 Å². The summed E-state index contributed by atoms with van der Waals surface area (Å²) in [7, 11) is 0. The third kappa shape index (κ3) is 6.49. The zero-order valence-corrected chi connectivity index (χ0v) is 18.1. The number of anilines is 1. The van der Waals surface area contributed by atoms with Gasteiger partial charge in [-0.3, -0.25) is 19.5 Å². The van der Waals surface area contributed by atoms with Crippen LogP contribution in [0.1, 0.15) is 25.5 Å². The molecule has 0 spiro atoms. The van der Waals surface area contributed by atoms with E-state index in [9.17, 15) is 14.0 Å². The summed E-state index contributed by atoms with van der Waals surface area (Å²) in [6.45, 7) is 7.83. The van der Waals surface area contributed by atoms with Gasteiger partial charge in [0.2, 0.25) is 0 Å². The number of nitrogens with zero attached hydrogens (tertiary/aromatic N) is 3. The van der Waals surface area contributed by atoms with Crippen LogP contribution in [0.15, 0.2) is 48.8 Å². The van der Waals surface area contributed by atoms with Crippen molar-refractivity contribution in [2.45, 2.75) is 19.9 Å². The second-order valence-corrected chi connectivity index (χ2v) is 8.12. The number of piperazine rings is 1. The number of carbonyl (C=O) groups excluding carboxylic acids is 2. The van der Waals surface area contributed by atoms with E-state index >= 15 is 0 Å². The molecule has 0 radical (unpaired) electrons. The number of hydrogen-bond acceptors (Lipinski definition) is 5. The van der Waals surface area contributed by atoms with Crippen LogP contribution in [0, 0.1) is 11.7 Å². The average molecular weight is 428 g/mol. The molecule has 2 N–H and O–H groups in total. The Morgan fingerprint density at radius 2 is 1.65 bits per heavy atom. The highest BCUT2D eigenvalue weighted by Crippen LogP contribution is 2.23. The van der Waals surface area contributed by atoms with Gasteiger partial charge in [-0.2, -0.15) is 0 Å². The van der Waals surface area contributed by atoms with Crippen molar-refractivity contribution in [2.24, 2.45) is 5.92 Å². The lowest BCUT2D eigenvalue weighted by molar-refractivity contribution is -0.139. The van der Waals surface area contributed by atoms with Gasteiger partial charge in [-0.25, -0.2) is 4.39 Å². The topological polar surface area (TPSA) is 77.6 Å². The number of halogens is 1. The van der Waals surface area contributed by atoms with Crippen LogP contribution >= 0.6 is 0 Å². The predicted molar refractivity (Wildman–Crippen MR) is 118 cm³/mol. The molecule has 166 valence electrons. The molecule has 0 saturated carbocycles. The van der Waals surface area contributed by atoms with Crippen molar-refractivity contribution in [1.29, 1.82) is 0 Å². The third-order valence-electron chi connectivity index (χ3n) is 5.35. The summed E-state index contributed by atoms with van der Waals surface area (Å²) in [5.74, 6) is -1.20. The fourth-order valence-electron chi connectivity index (χ4n) is 3.62. The summed E-state index contributed by atoms with van der Waals surface area (Å²) in [5.41, 5.74) is 1.98. The Morgan fingerprint density at radius 3 is 2.23 bits per heavy atom. The maximum Gasteiger partial charge on any atom is 0.309 e. The number of benzene rings is 1. The van der Waals surface area contributed by atoms with E-state index in [2.05, 4.69) is 25.4 Å². The molecule has 1 aliphatic heterocycles. The normalized spacial score (nSPS) is 15.5. The second kappa shape index (κ2) is 10.9. The van der Waals surface area contributed by atoms with Crippen LogP contribution < -0.4 is 15.5 Å². The van der Waals surface area contributed by atoms with Gasteiger partial charge in [-0.1, -0.05) is 19.9 Å². The number of pyridine rings is 1. The predicted octanol–water partition coefficient (Wildman–Crippen LogP) is 1.97. The highest BCUT2D eigenvalue weighted by Gasteiger charge is 2.26. The van der Waals surface area contributed by atoms with E-state index in [0.717, 1.165) is 37.4 Å². The molecule has 7 nitrogen and oxygen atoms in total. The summed E-state index contributed by atoms with van der Waals surface area (Å²) < 4.78 is 13.2. The molecule has 1 saturated heterocycles. The van der Waals surface area contributed by atoms with Gasteiger partial charge in [-0.15, -0.1) is 0 Å². The second-order valence-electron chi connectivity index (χ2n) is 8.12. The zero-order valence-electron chi connectivity index (χ0n) is 18.1. The van der Waals surface area contributed by atoms with Gasteiger partial charge in [0, 0.05) is 57.3 Å². The minimum Gasteiger partial charge on any atom is -0.369 e. The maximum atomic E-state index is 13.2. The molecule has 31 heavy (non-hydrogen) atoms. The van der Waals surface area contributed by atoms with E-state index in [1.165, 1.54) is 12.1 Å². The van der Waals surface area contributed by atoms with Crippen LogP contribution in [0.4, 0.5) is 10.1 Å². The highest BCUT2D eigenvalue weighted by molar-refractivity contribution is 6.35. The van der Waals surface area contributed by atoms with Crippen molar-refractivity contribution < 1.29 is 14.0 Å². The van der Waals surface area contributed by atoms with E-state index in [-0.39, 0.29) is 17.8 Å². The Kier molecular flexibility index (Phi) is 7.94. The number of hydrogen-bond donors (Lipinski definition) is 2. The van der Waals surface area contributed by atoms with Crippen LogP contribution in [0.25, 0.3) is 0 Å². The van der Waals surface area contributed by atoms with E-state index in [4.69, 9.17) is 0 Å². The fraction of sp³-hybridized carbons (Fsp3) is 0.435.